The minimum Gasteiger partial charge on any atom is -0.455 e. The molecule has 4 nitrogen and oxygen atoms in total. The fourth-order valence-electron chi connectivity index (χ4n) is 6.72. The number of hydrogen-bond acceptors (Lipinski definition) is 4. The van der Waals surface area contributed by atoms with Crippen LogP contribution in [0.15, 0.2) is 156 Å². The Labute approximate surface area is 289 Å². The molecule has 0 saturated carbocycles. The summed E-state index contributed by atoms with van der Waals surface area (Å²) in [5.41, 5.74) is 7.83. The molecule has 0 amide bonds. The molecule has 0 unspecified atom stereocenters. The molecule has 0 bridgehead atoms. The number of rotatable bonds is 4. The Hall–Kier alpha value is -6.39. The van der Waals surface area contributed by atoms with Gasteiger partial charge in [-0.15, -0.1) is 0 Å². The van der Waals surface area contributed by atoms with Gasteiger partial charge in [0.2, 0.25) is 0 Å². The molecule has 2 heterocycles. The number of hydrogen-bond donors (Lipinski definition) is 0. The standard InChI is InChI=1S/C44H27N3O/c1-3-11-27(12-4-1)32-17-9-18-35-33-23-22-30(25-31(33)26-38(32)35)43-45-42(29-14-5-2-6-15-29)46-44(47-43)37-19-10-20-39-40(37)36-24-21-28-13-7-8-16-34(28)41(36)48-39/h1-25H,26H2/i7D,8D,10D,13D,16D,19D,20D,21D,24D. The van der Waals surface area contributed by atoms with Crippen LogP contribution in [0.4, 0.5) is 0 Å². The van der Waals surface area contributed by atoms with Gasteiger partial charge in [-0.3, -0.25) is 0 Å². The topological polar surface area (TPSA) is 51.8 Å². The van der Waals surface area contributed by atoms with Crippen LogP contribution in [0.25, 0.3) is 89.1 Å². The van der Waals surface area contributed by atoms with E-state index in [9.17, 15) is 1.37 Å². The zero-order valence-corrected chi connectivity index (χ0v) is 25.2. The van der Waals surface area contributed by atoms with Crippen LogP contribution in [0.1, 0.15) is 23.5 Å². The lowest BCUT2D eigenvalue weighted by Crippen LogP contribution is -2.00. The van der Waals surface area contributed by atoms with Crippen molar-refractivity contribution in [2.24, 2.45) is 0 Å². The van der Waals surface area contributed by atoms with Crippen LogP contribution in [-0.2, 0) is 6.42 Å². The second-order valence-corrected chi connectivity index (χ2v) is 11.7. The molecule has 4 heteroatoms. The molecule has 2 aromatic heterocycles. The molecule has 0 spiro atoms. The maximum Gasteiger partial charge on any atom is 0.164 e. The molecule has 7 aromatic carbocycles. The molecule has 1 aliphatic carbocycles. The van der Waals surface area contributed by atoms with Gasteiger partial charge in [-0.25, -0.2) is 15.0 Å². The summed E-state index contributed by atoms with van der Waals surface area (Å²) in [6.45, 7) is 0. The Morgan fingerprint density at radius 1 is 0.521 bits per heavy atom. The van der Waals surface area contributed by atoms with Crippen LogP contribution in [0.5, 0.6) is 0 Å². The van der Waals surface area contributed by atoms with E-state index in [-0.39, 0.29) is 55.7 Å². The molecule has 0 radical (unpaired) electrons. The molecule has 0 fully saturated rings. The molecule has 0 N–H and O–H groups in total. The summed E-state index contributed by atoms with van der Waals surface area (Å²) in [7, 11) is 0. The van der Waals surface area contributed by atoms with Crippen molar-refractivity contribution in [2.75, 3.05) is 0 Å². The van der Waals surface area contributed by atoms with Gasteiger partial charge in [-0.05, 0) is 63.3 Å². The predicted molar refractivity (Wildman–Crippen MR) is 195 cm³/mol. The predicted octanol–water partition coefficient (Wildman–Crippen LogP) is 11.2. The zero-order valence-electron chi connectivity index (χ0n) is 34.2. The van der Waals surface area contributed by atoms with Crippen molar-refractivity contribution in [3.63, 3.8) is 0 Å². The van der Waals surface area contributed by atoms with Gasteiger partial charge in [-0.1, -0.05) is 133 Å². The number of fused-ring (bicyclic) bond motifs is 8. The number of benzene rings is 7. The average Bonchev–Trinajstić information content (AvgIpc) is 3.82. The molecular weight excluding hydrogens is 587 g/mol. The van der Waals surface area contributed by atoms with Gasteiger partial charge >= 0.3 is 0 Å². The normalized spacial score (nSPS) is 14.7. The van der Waals surface area contributed by atoms with E-state index in [1.807, 2.05) is 54.6 Å². The largest absolute Gasteiger partial charge is 0.455 e. The van der Waals surface area contributed by atoms with Crippen LogP contribution in [0.2, 0.25) is 0 Å². The van der Waals surface area contributed by atoms with Gasteiger partial charge in [0.05, 0.1) is 12.3 Å². The third-order valence-electron chi connectivity index (χ3n) is 8.92. The monoisotopic (exact) mass is 622 g/mol. The van der Waals surface area contributed by atoms with E-state index in [1.165, 1.54) is 5.56 Å². The SMILES string of the molecule is [2H]c1c([2H])c(-c2nc(-c3ccccc3)nc(-c3ccc4c(c3)Cc3c(-c5ccccc5)cccc3-4)n2)c2c(oc3c4c([2H])c([2H])c([2H])c([2H])c4c([2H])c([2H])c32)c1[2H]. The fraction of sp³-hybridized carbons (Fsp3) is 0.0227. The minimum atomic E-state index is -0.558. The van der Waals surface area contributed by atoms with Crippen LogP contribution in [0, 0.1) is 0 Å². The van der Waals surface area contributed by atoms with E-state index in [1.54, 1.807) is 0 Å². The molecule has 0 atom stereocenters. The van der Waals surface area contributed by atoms with E-state index < -0.39 is 54.4 Å². The molecule has 10 rings (SSSR count). The second-order valence-electron chi connectivity index (χ2n) is 11.7. The maximum atomic E-state index is 9.23. The van der Waals surface area contributed by atoms with E-state index in [0.717, 1.165) is 27.8 Å². The quantitative estimate of drug-likeness (QED) is 0.196. The summed E-state index contributed by atoms with van der Waals surface area (Å²) in [6, 6.07) is 27.6. The highest BCUT2D eigenvalue weighted by Crippen LogP contribution is 2.43. The highest BCUT2D eigenvalue weighted by Gasteiger charge is 2.24. The number of aromatic nitrogens is 3. The molecule has 224 valence electrons. The maximum absolute atomic E-state index is 9.23. The highest BCUT2D eigenvalue weighted by molar-refractivity contribution is 6.18. The summed E-state index contributed by atoms with van der Waals surface area (Å²) in [5.74, 6) is 0.537. The van der Waals surface area contributed by atoms with Crippen molar-refractivity contribution < 1.29 is 16.8 Å². The Balaban J connectivity index is 1.23. The van der Waals surface area contributed by atoms with Crippen molar-refractivity contribution in [2.45, 2.75) is 6.42 Å². The Kier molecular flexibility index (Phi) is 4.26. The first kappa shape index (κ1) is 19.3. The molecule has 48 heavy (non-hydrogen) atoms. The summed E-state index contributed by atoms with van der Waals surface area (Å²) < 4.78 is 85.1. The molecule has 1 aliphatic rings. The van der Waals surface area contributed by atoms with Gasteiger partial charge in [0.25, 0.3) is 0 Å². The van der Waals surface area contributed by atoms with Crippen molar-refractivity contribution in [1.29, 1.82) is 0 Å². The zero-order chi connectivity index (χ0) is 39.4. The first-order valence-electron chi connectivity index (χ1n) is 20.0. The second kappa shape index (κ2) is 10.6. The van der Waals surface area contributed by atoms with E-state index in [0.29, 0.717) is 17.5 Å². The van der Waals surface area contributed by atoms with E-state index in [2.05, 4.69) is 42.5 Å². The van der Waals surface area contributed by atoms with Gasteiger partial charge < -0.3 is 4.42 Å². The lowest BCUT2D eigenvalue weighted by atomic mass is 9.96. The van der Waals surface area contributed by atoms with Crippen LogP contribution in [0.3, 0.4) is 0 Å². The van der Waals surface area contributed by atoms with E-state index >= 15 is 0 Å². The average molecular weight is 623 g/mol. The Morgan fingerprint density at radius 3 is 2.12 bits per heavy atom. The Bertz CT molecular complexity index is 3210. The van der Waals surface area contributed by atoms with Gasteiger partial charge in [-0.2, -0.15) is 0 Å². The first-order chi connectivity index (χ1) is 27.5. The molecule has 0 aliphatic heterocycles. The van der Waals surface area contributed by atoms with Gasteiger partial charge in [0, 0.05) is 32.8 Å². The van der Waals surface area contributed by atoms with Crippen LogP contribution < -0.4 is 0 Å². The van der Waals surface area contributed by atoms with Gasteiger partial charge in [0.1, 0.15) is 11.2 Å². The summed E-state index contributed by atoms with van der Waals surface area (Å²) >= 11 is 0. The number of furan rings is 1. The minimum absolute atomic E-state index is 0.0258. The lowest BCUT2D eigenvalue weighted by Gasteiger charge is -2.10. The first-order valence-corrected chi connectivity index (χ1v) is 15.5. The van der Waals surface area contributed by atoms with Crippen LogP contribution in [-0.4, -0.2) is 15.0 Å². The van der Waals surface area contributed by atoms with Crippen molar-refractivity contribution in [3.8, 4) is 56.4 Å². The molecular formula is C44H27N3O. The van der Waals surface area contributed by atoms with Gasteiger partial charge in [0.15, 0.2) is 17.5 Å². The van der Waals surface area contributed by atoms with Crippen molar-refractivity contribution in [1.82, 2.24) is 15.0 Å². The fourth-order valence-corrected chi connectivity index (χ4v) is 6.72. The molecule has 9 aromatic rings. The summed E-state index contributed by atoms with van der Waals surface area (Å²) in [6.07, 6.45) is 0.689. The number of nitrogens with zero attached hydrogens (tertiary/aromatic N) is 3. The van der Waals surface area contributed by atoms with Crippen molar-refractivity contribution in [3.05, 3.63) is 163 Å². The smallest absolute Gasteiger partial charge is 0.164 e. The van der Waals surface area contributed by atoms with Crippen molar-refractivity contribution >= 4 is 32.7 Å². The lowest BCUT2D eigenvalue weighted by molar-refractivity contribution is 0.672. The van der Waals surface area contributed by atoms with E-state index in [4.69, 9.17) is 30.3 Å². The Morgan fingerprint density at radius 2 is 1.27 bits per heavy atom. The summed E-state index contributed by atoms with van der Waals surface area (Å²) in [4.78, 5) is 14.7. The third-order valence-corrected chi connectivity index (χ3v) is 8.92. The van der Waals surface area contributed by atoms with Crippen LogP contribution >= 0.6 is 0 Å². The summed E-state index contributed by atoms with van der Waals surface area (Å²) in [5, 5.41) is -0.353. The third kappa shape index (κ3) is 4.20. The molecule has 0 saturated heterocycles. The highest BCUT2D eigenvalue weighted by atomic mass is 16.3.